The summed E-state index contributed by atoms with van der Waals surface area (Å²) in [5.41, 5.74) is 2.31. The number of piperidine rings is 1. The van der Waals surface area contributed by atoms with Gasteiger partial charge in [-0.25, -0.2) is 8.42 Å². The van der Waals surface area contributed by atoms with E-state index in [2.05, 4.69) is 17.2 Å². The van der Waals surface area contributed by atoms with Crippen molar-refractivity contribution >= 4 is 26.8 Å². The molecule has 0 spiro atoms. The highest BCUT2D eigenvalue weighted by Crippen LogP contribution is 2.27. The quantitative estimate of drug-likeness (QED) is 0.579. The molecule has 7 nitrogen and oxygen atoms in total. The highest BCUT2D eigenvalue weighted by atomic mass is 32.2. The SMILES string of the molecule is CCc1ccc(CNC(=O)c2cc(=O)[nH]c3ccc(S(=O)(=O)N4CCCC[C@@H]4C)cc23)cc1. The van der Waals surface area contributed by atoms with Crippen molar-refractivity contribution in [3.63, 3.8) is 0 Å². The second-order valence-corrected chi connectivity index (χ2v) is 10.5. The lowest BCUT2D eigenvalue weighted by molar-refractivity contribution is 0.0952. The Balaban J connectivity index is 1.66. The number of carbonyl (C=O) groups excluding carboxylic acids is 1. The van der Waals surface area contributed by atoms with Crippen LogP contribution in [0.5, 0.6) is 0 Å². The van der Waals surface area contributed by atoms with Gasteiger partial charge in [0.25, 0.3) is 5.91 Å². The van der Waals surface area contributed by atoms with Gasteiger partial charge in [-0.2, -0.15) is 4.31 Å². The lowest BCUT2D eigenvalue weighted by atomic mass is 10.1. The number of hydrogen-bond acceptors (Lipinski definition) is 4. The fourth-order valence-corrected chi connectivity index (χ4v) is 6.04. The molecule has 1 atom stereocenters. The topological polar surface area (TPSA) is 99.3 Å². The molecule has 8 heteroatoms. The number of amides is 1. The zero-order valence-electron chi connectivity index (χ0n) is 18.9. The van der Waals surface area contributed by atoms with Crippen molar-refractivity contribution in [2.24, 2.45) is 0 Å². The molecule has 1 aliphatic heterocycles. The number of fused-ring (bicyclic) bond motifs is 1. The molecule has 0 radical (unpaired) electrons. The Kier molecular flexibility index (Phi) is 6.67. The standard InChI is InChI=1S/C25H29N3O4S/c1-3-18-7-9-19(10-8-18)16-26-25(30)22-15-24(29)27-23-12-11-20(14-21(22)23)33(31,32)28-13-5-4-6-17(28)2/h7-12,14-15,17H,3-6,13,16H2,1-2H3,(H,26,30)(H,27,29)/t17-/m0/s1. The van der Waals surface area contributed by atoms with Gasteiger partial charge in [0.15, 0.2) is 0 Å². The molecule has 2 aromatic carbocycles. The van der Waals surface area contributed by atoms with Crippen molar-refractivity contribution in [2.75, 3.05) is 6.54 Å². The van der Waals surface area contributed by atoms with Crippen LogP contribution in [0.25, 0.3) is 10.9 Å². The van der Waals surface area contributed by atoms with Crippen LogP contribution >= 0.6 is 0 Å². The van der Waals surface area contributed by atoms with E-state index >= 15 is 0 Å². The molecule has 4 rings (SSSR count). The predicted octanol–water partition coefficient (Wildman–Crippen LogP) is 3.58. The summed E-state index contributed by atoms with van der Waals surface area (Å²) in [5, 5.41) is 3.25. The molecule has 0 unspecified atom stereocenters. The van der Waals surface area contributed by atoms with E-state index in [9.17, 15) is 18.0 Å². The molecule has 0 bridgehead atoms. The van der Waals surface area contributed by atoms with Gasteiger partial charge in [0, 0.05) is 36.1 Å². The van der Waals surface area contributed by atoms with E-state index in [4.69, 9.17) is 0 Å². The van der Waals surface area contributed by atoms with Gasteiger partial charge in [0.1, 0.15) is 0 Å². The molecule has 33 heavy (non-hydrogen) atoms. The molecule has 1 fully saturated rings. The highest BCUT2D eigenvalue weighted by Gasteiger charge is 2.31. The Morgan fingerprint density at radius 1 is 1.09 bits per heavy atom. The third-order valence-electron chi connectivity index (χ3n) is 6.29. The maximum atomic E-state index is 13.3. The minimum absolute atomic E-state index is 0.0723. The van der Waals surface area contributed by atoms with E-state index in [1.54, 1.807) is 6.07 Å². The zero-order chi connectivity index (χ0) is 23.6. The number of aryl methyl sites for hydroxylation is 1. The van der Waals surface area contributed by atoms with Crippen molar-refractivity contribution in [1.82, 2.24) is 14.6 Å². The summed E-state index contributed by atoms with van der Waals surface area (Å²) in [4.78, 5) is 28.0. The van der Waals surface area contributed by atoms with E-state index in [-0.39, 0.29) is 16.5 Å². The fraction of sp³-hybridized carbons (Fsp3) is 0.360. The van der Waals surface area contributed by atoms with E-state index in [0.29, 0.717) is 24.0 Å². The monoisotopic (exact) mass is 467 g/mol. The number of benzene rings is 2. The minimum Gasteiger partial charge on any atom is -0.348 e. The summed E-state index contributed by atoms with van der Waals surface area (Å²) in [6, 6.07) is 13.6. The van der Waals surface area contributed by atoms with Crippen LogP contribution in [0.1, 0.15) is 54.6 Å². The second-order valence-electron chi connectivity index (χ2n) is 8.57. The van der Waals surface area contributed by atoms with Crippen molar-refractivity contribution in [1.29, 1.82) is 0 Å². The van der Waals surface area contributed by atoms with Crippen LogP contribution in [0.4, 0.5) is 0 Å². The summed E-state index contributed by atoms with van der Waals surface area (Å²) in [7, 11) is -3.71. The van der Waals surface area contributed by atoms with Gasteiger partial charge in [-0.3, -0.25) is 9.59 Å². The number of aromatic nitrogens is 1. The number of aromatic amines is 1. The number of nitrogens with zero attached hydrogens (tertiary/aromatic N) is 1. The molecule has 3 aromatic rings. The molecule has 1 aromatic heterocycles. The van der Waals surface area contributed by atoms with Crippen molar-refractivity contribution in [2.45, 2.75) is 57.0 Å². The van der Waals surface area contributed by atoms with Crippen LogP contribution in [0.3, 0.4) is 0 Å². The average Bonchev–Trinajstić information content (AvgIpc) is 2.82. The lowest BCUT2D eigenvalue weighted by Gasteiger charge is -2.32. The first kappa shape index (κ1) is 23.2. The maximum absolute atomic E-state index is 13.3. The maximum Gasteiger partial charge on any atom is 0.252 e. The molecule has 1 saturated heterocycles. The summed E-state index contributed by atoms with van der Waals surface area (Å²) in [5.74, 6) is -0.424. The number of sulfonamides is 1. The lowest BCUT2D eigenvalue weighted by Crippen LogP contribution is -2.41. The van der Waals surface area contributed by atoms with Gasteiger partial charge in [0.05, 0.1) is 10.5 Å². The molecule has 0 aliphatic carbocycles. The second kappa shape index (κ2) is 9.49. The number of hydrogen-bond donors (Lipinski definition) is 2. The number of nitrogens with one attached hydrogen (secondary N) is 2. The van der Waals surface area contributed by atoms with E-state index < -0.39 is 21.5 Å². The molecule has 1 amide bonds. The molecule has 174 valence electrons. The Hall–Kier alpha value is -2.97. The molecule has 1 aliphatic rings. The molecule has 2 N–H and O–H groups in total. The van der Waals surface area contributed by atoms with Gasteiger partial charge in [0.2, 0.25) is 15.6 Å². The van der Waals surface area contributed by atoms with Crippen molar-refractivity contribution in [3.8, 4) is 0 Å². The van der Waals surface area contributed by atoms with Crippen molar-refractivity contribution in [3.05, 3.63) is 75.6 Å². The van der Waals surface area contributed by atoms with E-state index in [1.807, 2.05) is 31.2 Å². The highest BCUT2D eigenvalue weighted by molar-refractivity contribution is 7.89. The van der Waals surface area contributed by atoms with Gasteiger partial charge in [-0.1, -0.05) is 37.6 Å². The van der Waals surface area contributed by atoms with Crippen molar-refractivity contribution < 1.29 is 13.2 Å². The largest absolute Gasteiger partial charge is 0.348 e. The normalized spacial score (nSPS) is 17.2. The zero-order valence-corrected chi connectivity index (χ0v) is 19.7. The van der Waals surface area contributed by atoms with Crippen LogP contribution < -0.4 is 10.9 Å². The number of rotatable bonds is 6. The van der Waals surface area contributed by atoms with Gasteiger partial charge in [-0.15, -0.1) is 0 Å². The molecular weight excluding hydrogens is 438 g/mol. The smallest absolute Gasteiger partial charge is 0.252 e. The third-order valence-corrected chi connectivity index (χ3v) is 8.30. The molecule has 2 heterocycles. The Morgan fingerprint density at radius 3 is 2.52 bits per heavy atom. The van der Waals surface area contributed by atoms with Crippen LogP contribution in [0.15, 0.2) is 58.2 Å². The third kappa shape index (κ3) is 4.86. The van der Waals surface area contributed by atoms with Crippen LogP contribution in [0.2, 0.25) is 0 Å². The number of carbonyl (C=O) groups is 1. The predicted molar refractivity (Wildman–Crippen MR) is 129 cm³/mol. The Bertz CT molecular complexity index is 1330. The van der Waals surface area contributed by atoms with Gasteiger partial charge >= 0.3 is 0 Å². The van der Waals surface area contributed by atoms with Crippen LogP contribution in [-0.4, -0.2) is 36.2 Å². The first-order chi connectivity index (χ1) is 15.8. The molecule has 0 saturated carbocycles. The number of H-pyrrole nitrogens is 1. The molecular formula is C25H29N3O4S. The fourth-order valence-electron chi connectivity index (χ4n) is 4.32. The Morgan fingerprint density at radius 2 is 1.82 bits per heavy atom. The average molecular weight is 468 g/mol. The van der Waals surface area contributed by atoms with E-state index in [0.717, 1.165) is 31.2 Å². The number of pyridine rings is 1. The summed E-state index contributed by atoms with van der Waals surface area (Å²) < 4.78 is 28.1. The van der Waals surface area contributed by atoms with Crippen LogP contribution in [-0.2, 0) is 23.0 Å². The van der Waals surface area contributed by atoms with E-state index in [1.165, 1.54) is 28.1 Å². The first-order valence-corrected chi connectivity index (χ1v) is 12.8. The van der Waals surface area contributed by atoms with Gasteiger partial charge < -0.3 is 10.3 Å². The van der Waals surface area contributed by atoms with Gasteiger partial charge in [-0.05, 0) is 55.5 Å². The first-order valence-electron chi connectivity index (χ1n) is 11.3. The minimum atomic E-state index is -3.71. The summed E-state index contributed by atoms with van der Waals surface area (Å²) in [6.45, 7) is 4.79. The summed E-state index contributed by atoms with van der Waals surface area (Å²) >= 11 is 0. The Labute approximate surface area is 193 Å². The van der Waals surface area contributed by atoms with Crippen LogP contribution in [0, 0.1) is 0 Å². The summed E-state index contributed by atoms with van der Waals surface area (Å²) in [6.07, 6.45) is 3.61.